The van der Waals surface area contributed by atoms with Crippen LogP contribution in [0.1, 0.15) is 27.2 Å². The van der Waals surface area contributed by atoms with Crippen molar-refractivity contribution in [2.24, 2.45) is 17.3 Å². The first kappa shape index (κ1) is 12.1. The van der Waals surface area contributed by atoms with E-state index >= 15 is 0 Å². The second-order valence-corrected chi connectivity index (χ2v) is 5.15. The monoisotopic (exact) mass is 238 g/mol. The van der Waals surface area contributed by atoms with Crippen LogP contribution in [0.25, 0.3) is 0 Å². The van der Waals surface area contributed by atoms with Crippen molar-refractivity contribution < 1.29 is 19.1 Å². The molecule has 17 heavy (non-hydrogen) atoms. The lowest BCUT2D eigenvalue weighted by molar-refractivity contribution is -0.145. The van der Waals surface area contributed by atoms with E-state index in [0.717, 1.165) is 0 Å². The Balaban J connectivity index is 2.08. The molecule has 0 amide bonds. The fraction of sp³-hybridized carbons (Fsp3) is 0.692. The van der Waals surface area contributed by atoms with Crippen molar-refractivity contribution >= 4 is 11.9 Å². The van der Waals surface area contributed by atoms with Gasteiger partial charge >= 0.3 is 11.9 Å². The number of carbonyl (C=O) groups excluding carboxylic acids is 2. The molecule has 0 bridgehead atoms. The molecule has 2 rings (SSSR count). The summed E-state index contributed by atoms with van der Waals surface area (Å²) < 4.78 is 9.92. The molecule has 1 saturated heterocycles. The summed E-state index contributed by atoms with van der Waals surface area (Å²) >= 11 is 0. The molecular weight excluding hydrogens is 220 g/mol. The zero-order valence-corrected chi connectivity index (χ0v) is 10.5. The molecule has 0 aromatic rings. The van der Waals surface area contributed by atoms with Crippen LogP contribution in [0, 0.1) is 17.3 Å². The van der Waals surface area contributed by atoms with Gasteiger partial charge in [0, 0.05) is 12.0 Å². The Kier molecular flexibility index (Phi) is 2.98. The normalized spacial score (nSPS) is 32.4. The summed E-state index contributed by atoms with van der Waals surface area (Å²) in [6.07, 6.45) is 2.55. The highest BCUT2D eigenvalue weighted by molar-refractivity contribution is 5.90. The number of cyclic esters (lactones) is 1. The minimum atomic E-state index is -0.240. The Morgan fingerprint density at radius 2 is 2.29 bits per heavy atom. The van der Waals surface area contributed by atoms with Crippen LogP contribution in [0.15, 0.2) is 11.6 Å². The van der Waals surface area contributed by atoms with Crippen LogP contribution in [0.5, 0.6) is 0 Å². The molecule has 2 fully saturated rings. The molecule has 0 radical (unpaired) electrons. The maximum absolute atomic E-state index is 11.7. The van der Waals surface area contributed by atoms with Gasteiger partial charge in [-0.25, -0.2) is 4.79 Å². The van der Waals surface area contributed by atoms with Crippen LogP contribution in [0.2, 0.25) is 0 Å². The fourth-order valence-corrected chi connectivity index (χ4v) is 2.49. The van der Waals surface area contributed by atoms with Crippen LogP contribution >= 0.6 is 0 Å². The number of carbonyl (C=O) groups is 2. The van der Waals surface area contributed by atoms with Gasteiger partial charge in [-0.15, -0.1) is 0 Å². The van der Waals surface area contributed by atoms with Crippen LogP contribution in [-0.2, 0) is 19.1 Å². The summed E-state index contributed by atoms with van der Waals surface area (Å²) in [5, 5.41) is 0. The van der Waals surface area contributed by atoms with E-state index < -0.39 is 0 Å². The standard InChI is InChI=1S/C13H18O4/c1-4-16-12(15)10-9(13(10,2)3)7-8-5-6-17-11(8)14/h7,9-10H,4-6H2,1-3H3/b8-7+/t9-,10-/m0/s1. The second-order valence-electron chi connectivity index (χ2n) is 5.15. The van der Waals surface area contributed by atoms with Gasteiger partial charge in [-0.1, -0.05) is 19.9 Å². The van der Waals surface area contributed by atoms with Crippen LogP contribution in [0.3, 0.4) is 0 Å². The predicted octanol–water partition coefficient (Wildman–Crippen LogP) is 1.70. The maximum Gasteiger partial charge on any atom is 0.333 e. The highest BCUT2D eigenvalue weighted by Crippen LogP contribution is 2.60. The molecule has 0 N–H and O–H groups in total. The van der Waals surface area contributed by atoms with Gasteiger partial charge in [-0.05, 0) is 18.3 Å². The Hall–Kier alpha value is -1.32. The Morgan fingerprint density at radius 3 is 2.82 bits per heavy atom. The van der Waals surface area contributed by atoms with Gasteiger partial charge in [0.05, 0.1) is 19.1 Å². The highest BCUT2D eigenvalue weighted by Gasteiger charge is 2.61. The number of allylic oxidation sites excluding steroid dienone is 1. The molecule has 4 nitrogen and oxygen atoms in total. The predicted molar refractivity (Wildman–Crippen MR) is 61.1 cm³/mol. The van der Waals surface area contributed by atoms with Gasteiger partial charge in [0.15, 0.2) is 0 Å². The quantitative estimate of drug-likeness (QED) is 0.554. The van der Waals surface area contributed by atoms with E-state index in [1.165, 1.54) is 0 Å². The first-order valence-corrected chi connectivity index (χ1v) is 6.03. The van der Waals surface area contributed by atoms with Crippen molar-refractivity contribution in [3.63, 3.8) is 0 Å². The van der Waals surface area contributed by atoms with Crippen molar-refractivity contribution in [2.45, 2.75) is 27.2 Å². The SMILES string of the molecule is CCOC(=O)[C@@H]1[C@H](/C=C2\CCOC2=O)C1(C)C. The summed E-state index contributed by atoms with van der Waals surface area (Å²) in [5.41, 5.74) is 0.595. The summed E-state index contributed by atoms with van der Waals surface area (Å²) in [6, 6.07) is 0. The lowest BCUT2D eigenvalue weighted by Gasteiger charge is -2.01. The van der Waals surface area contributed by atoms with E-state index in [-0.39, 0.29) is 29.2 Å². The summed E-state index contributed by atoms with van der Waals surface area (Å²) in [4.78, 5) is 23.1. The van der Waals surface area contributed by atoms with E-state index in [9.17, 15) is 9.59 Å². The van der Waals surface area contributed by atoms with Gasteiger partial charge in [0.25, 0.3) is 0 Å². The lowest BCUT2D eigenvalue weighted by atomic mass is 10.1. The lowest BCUT2D eigenvalue weighted by Crippen LogP contribution is -2.10. The number of esters is 2. The largest absolute Gasteiger partial charge is 0.466 e. The van der Waals surface area contributed by atoms with E-state index in [1.807, 2.05) is 19.9 Å². The van der Waals surface area contributed by atoms with Crippen LogP contribution < -0.4 is 0 Å². The first-order valence-electron chi connectivity index (χ1n) is 6.03. The van der Waals surface area contributed by atoms with Crippen LogP contribution in [-0.4, -0.2) is 25.2 Å². The van der Waals surface area contributed by atoms with Crippen molar-refractivity contribution in [1.29, 1.82) is 0 Å². The van der Waals surface area contributed by atoms with Gasteiger partial charge in [0.2, 0.25) is 0 Å². The molecule has 1 aliphatic carbocycles. The minimum Gasteiger partial charge on any atom is -0.466 e. The zero-order valence-electron chi connectivity index (χ0n) is 10.5. The Morgan fingerprint density at radius 1 is 1.59 bits per heavy atom. The molecule has 0 aromatic carbocycles. The first-order chi connectivity index (χ1) is 7.98. The Bertz CT molecular complexity index is 381. The molecule has 1 heterocycles. The molecule has 1 aliphatic heterocycles. The highest BCUT2D eigenvalue weighted by atomic mass is 16.5. The molecule has 0 unspecified atom stereocenters. The fourth-order valence-electron chi connectivity index (χ4n) is 2.49. The Labute approximate surface area is 101 Å². The van der Waals surface area contributed by atoms with E-state index in [0.29, 0.717) is 25.2 Å². The van der Waals surface area contributed by atoms with Crippen molar-refractivity contribution in [3.8, 4) is 0 Å². The summed E-state index contributed by atoms with van der Waals surface area (Å²) in [5.74, 6) is -0.424. The number of hydrogen-bond acceptors (Lipinski definition) is 4. The number of ether oxygens (including phenoxy) is 2. The number of rotatable bonds is 3. The smallest absolute Gasteiger partial charge is 0.333 e. The minimum absolute atomic E-state index is 0.0993. The maximum atomic E-state index is 11.7. The topological polar surface area (TPSA) is 52.6 Å². The van der Waals surface area contributed by atoms with Crippen molar-refractivity contribution in [3.05, 3.63) is 11.6 Å². The van der Waals surface area contributed by atoms with Gasteiger partial charge < -0.3 is 9.47 Å². The summed E-state index contributed by atoms with van der Waals surface area (Å²) in [6.45, 7) is 6.71. The second kappa shape index (κ2) is 4.17. The number of hydrogen-bond donors (Lipinski definition) is 0. The molecule has 1 saturated carbocycles. The van der Waals surface area contributed by atoms with E-state index in [1.54, 1.807) is 6.92 Å². The third kappa shape index (κ3) is 2.08. The molecule has 0 spiro atoms. The molecule has 2 aliphatic rings. The molecular formula is C13H18O4. The molecule has 94 valence electrons. The van der Waals surface area contributed by atoms with Gasteiger partial charge in [-0.3, -0.25) is 4.79 Å². The van der Waals surface area contributed by atoms with E-state index in [2.05, 4.69) is 0 Å². The van der Waals surface area contributed by atoms with Crippen molar-refractivity contribution in [2.75, 3.05) is 13.2 Å². The average Bonchev–Trinajstić information content (AvgIpc) is 2.56. The third-order valence-electron chi connectivity index (χ3n) is 3.70. The summed E-state index contributed by atoms with van der Waals surface area (Å²) in [7, 11) is 0. The molecule has 0 aromatic heterocycles. The van der Waals surface area contributed by atoms with Gasteiger partial charge in [-0.2, -0.15) is 0 Å². The third-order valence-corrected chi connectivity index (χ3v) is 3.70. The van der Waals surface area contributed by atoms with Gasteiger partial charge in [0.1, 0.15) is 0 Å². The van der Waals surface area contributed by atoms with Crippen LogP contribution in [0.4, 0.5) is 0 Å². The molecule has 2 atom stereocenters. The zero-order chi connectivity index (χ0) is 12.6. The van der Waals surface area contributed by atoms with E-state index in [4.69, 9.17) is 9.47 Å². The molecule has 4 heteroatoms. The van der Waals surface area contributed by atoms with Crippen molar-refractivity contribution in [1.82, 2.24) is 0 Å². The average molecular weight is 238 g/mol.